The summed E-state index contributed by atoms with van der Waals surface area (Å²) >= 11 is 0. The van der Waals surface area contributed by atoms with Gasteiger partial charge in [-0.3, -0.25) is 26.1 Å². The summed E-state index contributed by atoms with van der Waals surface area (Å²) in [6.45, 7) is 0. The number of carbonyl (C=O) groups is 4. The van der Waals surface area contributed by atoms with E-state index in [2.05, 4.69) is 0 Å². The van der Waals surface area contributed by atoms with Crippen molar-refractivity contribution in [3.8, 4) is 0 Å². The zero-order chi connectivity index (χ0) is 11.6. The van der Waals surface area contributed by atoms with E-state index in [0.717, 1.165) is 0 Å². The van der Waals surface area contributed by atoms with Gasteiger partial charge in [0, 0.05) is 0 Å². The molecule has 10 nitrogen and oxygen atoms in total. The van der Waals surface area contributed by atoms with Gasteiger partial charge in [0.05, 0.1) is 0 Å². The predicted molar refractivity (Wildman–Crippen MR) is 44.8 cm³/mol. The molecule has 0 radical (unpaired) electrons. The number of hydrogen-bond donors (Lipinski definition) is 6. The number of carbonyl (C=O) groups excluding carboxylic acids is 4. The molecule has 0 saturated carbocycles. The van der Waals surface area contributed by atoms with Gasteiger partial charge < -0.3 is 11.5 Å². The number of urea groups is 3. The molecule has 1 aliphatic heterocycles. The van der Waals surface area contributed by atoms with Gasteiger partial charge in [-0.05, 0) is 0 Å². The Bertz CT molecular complexity index is 335. The Morgan fingerprint density at radius 3 is 1.87 bits per heavy atom. The second-order valence-corrected chi connectivity index (χ2v) is 2.64. The number of hydrogen-bond acceptors (Lipinski definition) is 4. The molecule has 7 amide bonds. The van der Waals surface area contributed by atoms with E-state index in [9.17, 15) is 19.2 Å². The van der Waals surface area contributed by atoms with Gasteiger partial charge in [-0.15, -0.1) is 0 Å². The van der Waals surface area contributed by atoms with Crippen LogP contribution in [-0.4, -0.2) is 29.8 Å². The van der Waals surface area contributed by atoms with Crippen LogP contribution in [0.4, 0.5) is 14.4 Å². The van der Waals surface area contributed by atoms with Crippen molar-refractivity contribution >= 4 is 24.0 Å². The molecule has 1 heterocycles. The van der Waals surface area contributed by atoms with Crippen LogP contribution >= 0.6 is 0 Å². The maximum Gasteiger partial charge on any atom is 0.325 e. The van der Waals surface area contributed by atoms with Crippen molar-refractivity contribution < 1.29 is 19.2 Å². The second kappa shape index (κ2) is 3.32. The van der Waals surface area contributed by atoms with Gasteiger partial charge in [0.2, 0.25) is 0 Å². The largest absolute Gasteiger partial charge is 0.352 e. The SMILES string of the molecule is NC(=O)NC1(NC(N)=O)NC(=O)NC1=O. The molecule has 0 unspecified atom stereocenters. The van der Waals surface area contributed by atoms with Gasteiger partial charge in [-0.25, -0.2) is 14.4 Å². The molecule has 0 atom stereocenters. The van der Waals surface area contributed by atoms with Crippen LogP contribution in [-0.2, 0) is 4.79 Å². The zero-order valence-electron chi connectivity index (χ0n) is 7.29. The molecule has 0 aromatic rings. The Morgan fingerprint density at radius 2 is 1.60 bits per heavy atom. The lowest BCUT2D eigenvalue weighted by Gasteiger charge is -2.25. The summed E-state index contributed by atoms with van der Waals surface area (Å²) in [5.41, 5.74) is 9.53. The summed E-state index contributed by atoms with van der Waals surface area (Å²) in [6, 6.07) is -3.15. The van der Waals surface area contributed by atoms with E-state index in [-0.39, 0.29) is 0 Å². The highest BCUT2D eigenvalue weighted by molar-refractivity contribution is 6.09. The molecule has 0 spiro atoms. The smallest absolute Gasteiger partial charge is 0.325 e. The fourth-order valence-electron chi connectivity index (χ4n) is 1.03. The summed E-state index contributed by atoms with van der Waals surface area (Å²) < 4.78 is 0. The minimum atomic E-state index is -2.13. The van der Waals surface area contributed by atoms with Gasteiger partial charge in [-0.1, -0.05) is 0 Å². The molecule has 10 heteroatoms. The molecule has 1 saturated heterocycles. The zero-order valence-corrected chi connectivity index (χ0v) is 7.29. The van der Waals surface area contributed by atoms with Gasteiger partial charge in [0.1, 0.15) is 0 Å². The summed E-state index contributed by atoms with van der Waals surface area (Å²) in [6.07, 6.45) is 0. The minimum Gasteiger partial charge on any atom is -0.352 e. The second-order valence-electron chi connectivity index (χ2n) is 2.64. The number of nitrogens with two attached hydrogens (primary N) is 2. The highest BCUT2D eigenvalue weighted by Gasteiger charge is 2.48. The number of primary amides is 2. The topological polar surface area (TPSA) is 168 Å². The minimum absolute atomic E-state index is 0.900. The highest BCUT2D eigenvalue weighted by Crippen LogP contribution is 2.01. The Labute approximate surface area is 82.7 Å². The first-order valence-corrected chi connectivity index (χ1v) is 3.64. The lowest BCUT2D eigenvalue weighted by Crippen LogP contribution is -2.72. The highest BCUT2D eigenvalue weighted by atomic mass is 16.2. The van der Waals surface area contributed by atoms with Crippen molar-refractivity contribution in [3.63, 3.8) is 0 Å². The van der Waals surface area contributed by atoms with Crippen molar-refractivity contribution in [1.82, 2.24) is 21.3 Å². The molecule has 0 aromatic heterocycles. The van der Waals surface area contributed by atoms with Crippen LogP contribution in [0.3, 0.4) is 0 Å². The molecule has 0 aromatic carbocycles. The molecule has 0 bridgehead atoms. The first-order chi connectivity index (χ1) is 6.85. The van der Waals surface area contributed by atoms with Crippen molar-refractivity contribution in [2.75, 3.05) is 0 Å². The van der Waals surface area contributed by atoms with Gasteiger partial charge in [0.15, 0.2) is 0 Å². The third-order valence-electron chi connectivity index (χ3n) is 1.49. The van der Waals surface area contributed by atoms with Crippen LogP contribution in [0, 0.1) is 0 Å². The van der Waals surface area contributed by atoms with E-state index in [0.29, 0.717) is 0 Å². The van der Waals surface area contributed by atoms with Crippen LogP contribution in [0.1, 0.15) is 0 Å². The van der Waals surface area contributed by atoms with Crippen molar-refractivity contribution in [1.29, 1.82) is 0 Å². The standard InChI is InChI=1S/C5H8N6O4/c6-2(13)9-5(10-3(7)14)1(12)8-4(15)11-5/h(H3,6,9,13)(H3,7,10,14)(H2,8,11,12,15). The molecule has 82 valence electrons. The molecule has 8 N–H and O–H groups in total. The van der Waals surface area contributed by atoms with Crippen molar-refractivity contribution in [2.24, 2.45) is 11.5 Å². The summed E-state index contributed by atoms with van der Waals surface area (Å²) in [4.78, 5) is 43.2. The normalized spacial score (nSPS) is 17.6. The number of amides is 7. The molecule has 0 aliphatic carbocycles. The fourth-order valence-corrected chi connectivity index (χ4v) is 1.03. The van der Waals surface area contributed by atoms with E-state index in [1.807, 2.05) is 16.0 Å². The Hall–Kier alpha value is -2.52. The third kappa shape index (κ3) is 2.04. The van der Waals surface area contributed by atoms with Crippen LogP contribution < -0.4 is 32.7 Å². The summed E-state index contributed by atoms with van der Waals surface area (Å²) in [5, 5.41) is 7.44. The van der Waals surface area contributed by atoms with Crippen LogP contribution in [0.15, 0.2) is 0 Å². The summed E-state index contributed by atoms with van der Waals surface area (Å²) in [7, 11) is 0. The average molecular weight is 216 g/mol. The van der Waals surface area contributed by atoms with E-state index < -0.39 is 29.8 Å². The van der Waals surface area contributed by atoms with Crippen LogP contribution in [0.5, 0.6) is 0 Å². The number of imide groups is 1. The Morgan fingerprint density at radius 1 is 1.13 bits per heavy atom. The van der Waals surface area contributed by atoms with Crippen molar-refractivity contribution in [3.05, 3.63) is 0 Å². The van der Waals surface area contributed by atoms with Crippen LogP contribution in [0.25, 0.3) is 0 Å². The Kier molecular flexibility index (Phi) is 2.34. The monoisotopic (exact) mass is 216 g/mol. The van der Waals surface area contributed by atoms with E-state index in [1.54, 1.807) is 5.32 Å². The van der Waals surface area contributed by atoms with Gasteiger partial charge >= 0.3 is 18.1 Å². The van der Waals surface area contributed by atoms with E-state index in [4.69, 9.17) is 11.5 Å². The lowest BCUT2D eigenvalue weighted by atomic mass is 10.3. The predicted octanol–water partition coefficient (Wildman–Crippen LogP) is -3.18. The maximum atomic E-state index is 11.2. The third-order valence-corrected chi connectivity index (χ3v) is 1.49. The molecule has 1 aliphatic rings. The Balaban J connectivity index is 2.95. The lowest BCUT2D eigenvalue weighted by molar-refractivity contribution is -0.125. The average Bonchev–Trinajstić information content (AvgIpc) is 2.22. The van der Waals surface area contributed by atoms with E-state index in [1.165, 1.54) is 0 Å². The first-order valence-electron chi connectivity index (χ1n) is 3.64. The number of rotatable bonds is 2. The van der Waals surface area contributed by atoms with Gasteiger partial charge in [-0.2, -0.15) is 0 Å². The molecular formula is C5H8N6O4. The van der Waals surface area contributed by atoms with Crippen molar-refractivity contribution in [2.45, 2.75) is 5.79 Å². The quantitative estimate of drug-likeness (QED) is 0.211. The maximum absolute atomic E-state index is 11.2. The number of nitrogens with one attached hydrogen (secondary N) is 4. The van der Waals surface area contributed by atoms with Gasteiger partial charge in [0.25, 0.3) is 11.7 Å². The molecular weight excluding hydrogens is 208 g/mol. The van der Waals surface area contributed by atoms with E-state index >= 15 is 0 Å². The first kappa shape index (κ1) is 10.6. The molecule has 1 fully saturated rings. The molecule has 15 heavy (non-hydrogen) atoms. The molecule has 1 rings (SSSR count). The summed E-state index contributed by atoms with van der Waals surface area (Å²) in [5.74, 6) is -3.13. The van der Waals surface area contributed by atoms with Crippen LogP contribution in [0.2, 0.25) is 0 Å². The fraction of sp³-hybridized carbons (Fsp3) is 0.200.